The van der Waals surface area contributed by atoms with Crippen molar-refractivity contribution in [2.75, 3.05) is 6.54 Å². The van der Waals surface area contributed by atoms with Crippen molar-refractivity contribution >= 4 is 5.91 Å². The number of amides is 1. The zero-order valence-corrected chi connectivity index (χ0v) is 14.8. The van der Waals surface area contributed by atoms with E-state index in [4.69, 9.17) is 0 Å². The number of carbonyl (C=O) groups excluding carboxylic acids is 1. The van der Waals surface area contributed by atoms with Crippen LogP contribution in [-0.4, -0.2) is 39.0 Å². The van der Waals surface area contributed by atoms with Crippen LogP contribution in [-0.2, 0) is 24.3 Å². The Labute approximate surface area is 149 Å². The normalized spacial score (nSPS) is 23.4. The summed E-state index contributed by atoms with van der Waals surface area (Å²) in [6.07, 6.45) is 6.07. The van der Waals surface area contributed by atoms with Gasteiger partial charge >= 0.3 is 0 Å². The lowest BCUT2D eigenvalue weighted by molar-refractivity contribution is -0.126. The van der Waals surface area contributed by atoms with Crippen molar-refractivity contribution < 1.29 is 4.79 Å². The second kappa shape index (κ2) is 7.00. The molecule has 2 aliphatic heterocycles. The van der Waals surface area contributed by atoms with Gasteiger partial charge in [-0.05, 0) is 38.3 Å². The molecule has 2 atom stereocenters. The standard InChI is InChI=1S/C20H26N4O/c1-15-12-24-14-17(9-10-19(24)21-15)22-20(25)18-8-5-11-23(18)13-16-6-3-2-4-7-16/h2-4,6-7,12,17-18H,5,8-11,13-14H2,1H3,(H,22,25)/t17-,18+/m0/s1. The van der Waals surface area contributed by atoms with Gasteiger partial charge in [-0.2, -0.15) is 0 Å². The first kappa shape index (κ1) is 16.3. The fourth-order valence-electron chi connectivity index (χ4n) is 4.13. The Hall–Kier alpha value is -2.14. The van der Waals surface area contributed by atoms with E-state index >= 15 is 0 Å². The van der Waals surface area contributed by atoms with Crippen molar-refractivity contribution in [2.45, 2.75) is 57.8 Å². The molecule has 5 heteroatoms. The summed E-state index contributed by atoms with van der Waals surface area (Å²) >= 11 is 0. The van der Waals surface area contributed by atoms with Gasteiger partial charge in [-0.25, -0.2) is 4.98 Å². The number of rotatable bonds is 4. The molecule has 5 nitrogen and oxygen atoms in total. The Balaban J connectivity index is 1.37. The van der Waals surface area contributed by atoms with E-state index in [2.05, 4.69) is 50.2 Å². The number of benzene rings is 1. The molecule has 1 amide bonds. The molecule has 3 heterocycles. The van der Waals surface area contributed by atoms with Crippen molar-refractivity contribution in [1.29, 1.82) is 0 Å². The zero-order valence-electron chi connectivity index (χ0n) is 14.8. The smallest absolute Gasteiger partial charge is 0.237 e. The summed E-state index contributed by atoms with van der Waals surface area (Å²) in [6, 6.07) is 10.7. The Bertz CT molecular complexity index is 739. The fraction of sp³-hybridized carbons (Fsp3) is 0.500. The number of hydrogen-bond acceptors (Lipinski definition) is 3. The quantitative estimate of drug-likeness (QED) is 0.930. The number of likely N-dealkylation sites (tertiary alicyclic amines) is 1. The molecule has 1 fully saturated rings. The summed E-state index contributed by atoms with van der Waals surface area (Å²) in [4.78, 5) is 19.7. The minimum Gasteiger partial charge on any atom is -0.350 e. The minimum atomic E-state index is 0.00567. The molecule has 0 aliphatic carbocycles. The van der Waals surface area contributed by atoms with Crippen LogP contribution in [0.3, 0.4) is 0 Å². The monoisotopic (exact) mass is 338 g/mol. The van der Waals surface area contributed by atoms with Crippen LogP contribution in [0, 0.1) is 6.92 Å². The lowest BCUT2D eigenvalue weighted by atomic mass is 10.1. The summed E-state index contributed by atoms with van der Waals surface area (Å²) in [5.74, 6) is 1.34. The van der Waals surface area contributed by atoms with Crippen LogP contribution < -0.4 is 5.32 Å². The third kappa shape index (κ3) is 3.61. The number of aromatic nitrogens is 2. The van der Waals surface area contributed by atoms with E-state index in [1.165, 1.54) is 5.56 Å². The van der Waals surface area contributed by atoms with Crippen molar-refractivity contribution in [3.63, 3.8) is 0 Å². The molecule has 25 heavy (non-hydrogen) atoms. The second-order valence-electron chi connectivity index (χ2n) is 7.31. The molecule has 2 aromatic rings. The zero-order chi connectivity index (χ0) is 17.2. The van der Waals surface area contributed by atoms with Crippen LogP contribution in [0.5, 0.6) is 0 Å². The van der Waals surface area contributed by atoms with E-state index in [9.17, 15) is 4.79 Å². The average Bonchev–Trinajstić information content (AvgIpc) is 3.21. The molecule has 0 radical (unpaired) electrons. The van der Waals surface area contributed by atoms with Crippen LogP contribution in [0.25, 0.3) is 0 Å². The minimum absolute atomic E-state index is 0.00567. The molecule has 2 aliphatic rings. The lowest BCUT2D eigenvalue weighted by Crippen LogP contribution is -2.49. The molecule has 1 aromatic heterocycles. The van der Waals surface area contributed by atoms with Gasteiger partial charge in [-0.3, -0.25) is 9.69 Å². The number of aryl methyl sites for hydroxylation is 2. The van der Waals surface area contributed by atoms with E-state index in [0.717, 1.165) is 56.8 Å². The second-order valence-corrected chi connectivity index (χ2v) is 7.31. The van der Waals surface area contributed by atoms with E-state index in [1.54, 1.807) is 0 Å². The maximum atomic E-state index is 12.9. The molecule has 1 N–H and O–H groups in total. The van der Waals surface area contributed by atoms with E-state index in [-0.39, 0.29) is 18.0 Å². The predicted octanol–water partition coefficient (Wildman–Crippen LogP) is 2.29. The van der Waals surface area contributed by atoms with Gasteiger partial charge in [0.15, 0.2) is 0 Å². The van der Waals surface area contributed by atoms with Crippen molar-refractivity contribution in [3.8, 4) is 0 Å². The first-order valence-corrected chi connectivity index (χ1v) is 9.30. The number of carbonyl (C=O) groups is 1. The van der Waals surface area contributed by atoms with Crippen LogP contribution in [0.15, 0.2) is 36.5 Å². The van der Waals surface area contributed by atoms with Gasteiger partial charge in [0.2, 0.25) is 5.91 Å². The average molecular weight is 338 g/mol. The summed E-state index contributed by atoms with van der Waals surface area (Å²) in [5.41, 5.74) is 2.34. The first-order valence-electron chi connectivity index (χ1n) is 9.30. The number of nitrogens with one attached hydrogen (secondary N) is 1. The molecule has 1 aromatic carbocycles. The number of fused-ring (bicyclic) bond motifs is 1. The summed E-state index contributed by atoms with van der Waals surface area (Å²) in [5, 5.41) is 3.30. The molecule has 0 spiro atoms. The fourth-order valence-corrected chi connectivity index (χ4v) is 4.13. The summed E-state index contributed by atoms with van der Waals surface area (Å²) < 4.78 is 2.19. The third-order valence-electron chi connectivity index (χ3n) is 5.35. The maximum Gasteiger partial charge on any atom is 0.237 e. The lowest BCUT2D eigenvalue weighted by Gasteiger charge is -2.29. The maximum absolute atomic E-state index is 12.9. The number of nitrogens with zero attached hydrogens (tertiary/aromatic N) is 3. The largest absolute Gasteiger partial charge is 0.350 e. The summed E-state index contributed by atoms with van der Waals surface area (Å²) in [7, 11) is 0. The van der Waals surface area contributed by atoms with Gasteiger partial charge in [0.25, 0.3) is 0 Å². The Morgan fingerprint density at radius 3 is 2.96 bits per heavy atom. The molecular weight excluding hydrogens is 312 g/mol. The number of imidazole rings is 1. The molecule has 0 saturated carbocycles. The molecule has 4 rings (SSSR count). The first-order chi connectivity index (χ1) is 12.2. The highest BCUT2D eigenvalue weighted by Crippen LogP contribution is 2.21. The highest BCUT2D eigenvalue weighted by molar-refractivity contribution is 5.82. The SMILES string of the molecule is Cc1cn2c(n1)CC[C@H](NC(=O)[C@H]1CCCN1Cc1ccccc1)C2. The van der Waals surface area contributed by atoms with Gasteiger partial charge in [-0.1, -0.05) is 30.3 Å². The highest BCUT2D eigenvalue weighted by atomic mass is 16.2. The van der Waals surface area contributed by atoms with Crippen molar-refractivity contribution in [1.82, 2.24) is 19.8 Å². The Morgan fingerprint density at radius 2 is 2.12 bits per heavy atom. The topological polar surface area (TPSA) is 50.2 Å². The third-order valence-corrected chi connectivity index (χ3v) is 5.35. The Kier molecular flexibility index (Phi) is 4.57. The Morgan fingerprint density at radius 1 is 1.28 bits per heavy atom. The molecular formula is C20H26N4O. The van der Waals surface area contributed by atoms with Gasteiger partial charge in [-0.15, -0.1) is 0 Å². The summed E-state index contributed by atoms with van der Waals surface area (Å²) in [6.45, 7) is 4.73. The molecule has 0 bridgehead atoms. The van der Waals surface area contributed by atoms with Gasteiger partial charge in [0, 0.05) is 31.7 Å². The van der Waals surface area contributed by atoms with Crippen LogP contribution in [0.4, 0.5) is 0 Å². The van der Waals surface area contributed by atoms with Gasteiger partial charge < -0.3 is 9.88 Å². The van der Waals surface area contributed by atoms with Crippen molar-refractivity contribution in [2.24, 2.45) is 0 Å². The molecule has 0 unspecified atom stereocenters. The van der Waals surface area contributed by atoms with Crippen LogP contribution >= 0.6 is 0 Å². The van der Waals surface area contributed by atoms with E-state index in [0.29, 0.717) is 0 Å². The van der Waals surface area contributed by atoms with Crippen LogP contribution in [0.2, 0.25) is 0 Å². The van der Waals surface area contributed by atoms with Gasteiger partial charge in [0.1, 0.15) is 5.82 Å². The highest BCUT2D eigenvalue weighted by Gasteiger charge is 2.32. The van der Waals surface area contributed by atoms with E-state index < -0.39 is 0 Å². The van der Waals surface area contributed by atoms with E-state index in [1.807, 2.05) is 13.0 Å². The van der Waals surface area contributed by atoms with Crippen molar-refractivity contribution in [3.05, 3.63) is 53.6 Å². The molecule has 132 valence electrons. The number of hydrogen-bond donors (Lipinski definition) is 1. The molecule has 1 saturated heterocycles. The van der Waals surface area contributed by atoms with Gasteiger partial charge in [0.05, 0.1) is 11.7 Å². The predicted molar refractivity (Wildman–Crippen MR) is 97.1 cm³/mol. The van der Waals surface area contributed by atoms with Crippen LogP contribution in [0.1, 0.15) is 36.3 Å².